The van der Waals surface area contributed by atoms with Crippen molar-refractivity contribution < 1.29 is 38.1 Å². The Balaban J connectivity index is 1.35. The summed E-state index contributed by atoms with van der Waals surface area (Å²) in [5, 5.41) is 0. The Morgan fingerprint density at radius 1 is 0.844 bits per heavy atom. The molecule has 0 saturated carbocycles. The van der Waals surface area contributed by atoms with Gasteiger partial charge in [-0.15, -0.1) is 0 Å². The van der Waals surface area contributed by atoms with Crippen LogP contribution in [0.1, 0.15) is 20.7 Å². The molecule has 5 rings (SSSR count). The first-order valence-corrected chi connectivity index (χ1v) is 10.1. The van der Waals surface area contributed by atoms with E-state index in [0.29, 0.717) is 16.7 Å². The Kier molecular flexibility index (Phi) is 4.86. The lowest BCUT2D eigenvalue weighted by Crippen LogP contribution is -2.43. The minimum Gasteiger partial charge on any atom is -0.459 e. The highest BCUT2D eigenvalue weighted by atomic mass is 16.6. The highest BCUT2D eigenvalue weighted by molar-refractivity contribution is 5.99. The van der Waals surface area contributed by atoms with Crippen molar-refractivity contribution in [1.29, 1.82) is 0 Å². The molecule has 4 atom stereocenters. The van der Waals surface area contributed by atoms with E-state index in [4.69, 9.17) is 18.9 Å². The molecular formula is C24H18O8. The van der Waals surface area contributed by atoms with Crippen molar-refractivity contribution in [2.24, 2.45) is 11.8 Å². The second-order valence-corrected chi connectivity index (χ2v) is 7.84. The van der Waals surface area contributed by atoms with Gasteiger partial charge in [-0.05, 0) is 35.9 Å². The molecule has 0 aliphatic carbocycles. The predicted molar refractivity (Wildman–Crippen MR) is 107 cm³/mol. The van der Waals surface area contributed by atoms with Gasteiger partial charge in [0, 0.05) is 0 Å². The molecule has 0 radical (unpaired) electrons. The van der Waals surface area contributed by atoms with Crippen LogP contribution in [-0.4, -0.2) is 48.8 Å². The number of cyclic esters (lactones) is 2. The molecule has 0 amide bonds. The number of carbonyl (C=O) groups excluding carboxylic acids is 4. The molecule has 2 aromatic carbocycles. The van der Waals surface area contributed by atoms with Gasteiger partial charge in [-0.3, -0.25) is 9.59 Å². The van der Waals surface area contributed by atoms with E-state index < -0.39 is 47.4 Å². The summed E-state index contributed by atoms with van der Waals surface area (Å²) in [7, 11) is 0. The average Bonchev–Trinajstić information content (AvgIpc) is 3.46. The normalized spacial score (nSPS) is 27.5. The summed E-state index contributed by atoms with van der Waals surface area (Å²) >= 11 is 0. The molecule has 0 aromatic heterocycles. The standard InChI is InChI=1S/C24H18O8/c25-20(14-7-3-1-4-8-14)29-12-16-11-24(13-30-21(26)15-9-5-2-6-10-15)18-17(19(16)32-24)22(27)31-23(18)28/h1-11,17-19H,12-13H2/t17-,18-,19+,24+/m0/s1. The molecular weight excluding hydrogens is 416 g/mol. The van der Waals surface area contributed by atoms with Gasteiger partial charge in [-0.2, -0.15) is 0 Å². The molecule has 0 spiro atoms. The van der Waals surface area contributed by atoms with Crippen LogP contribution in [0, 0.1) is 11.8 Å². The second kappa shape index (κ2) is 7.72. The van der Waals surface area contributed by atoms with Gasteiger partial charge in [0.1, 0.15) is 30.7 Å². The fraction of sp³-hybridized carbons (Fsp3) is 0.250. The number of esters is 4. The van der Waals surface area contributed by atoms with Gasteiger partial charge in [0.15, 0.2) is 0 Å². The van der Waals surface area contributed by atoms with Crippen LogP contribution in [0.5, 0.6) is 0 Å². The number of hydrogen-bond acceptors (Lipinski definition) is 8. The van der Waals surface area contributed by atoms with Crippen molar-refractivity contribution in [3.8, 4) is 0 Å². The van der Waals surface area contributed by atoms with Gasteiger partial charge in [-0.1, -0.05) is 36.4 Å². The van der Waals surface area contributed by atoms with Gasteiger partial charge < -0.3 is 18.9 Å². The number of fused-ring (bicyclic) bond motifs is 5. The van der Waals surface area contributed by atoms with E-state index in [9.17, 15) is 19.2 Å². The molecule has 2 saturated heterocycles. The zero-order valence-electron chi connectivity index (χ0n) is 16.8. The minimum absolute atomic E-state index is 0.128. The number of benzene rings is 2. The lowest BCUT2D eigenvalue weighted by molar-refractivity contribution is -0.159. The Labute approximate surface area is 182 Å². The zero-order chi connectivity index (χ0) is 22.3. The Morgan fingerprint density at radius 2 is 1.44 bits per heavy atom. The summed E-state index contributed by atoms with van der Waals surface area (Å²) in [6, 6.07) is 16.9. The average molecular weight is 434 g/mol. The highest BCUT2D eigenvalue weighted by Crippen LogP contribution is 2.53. The lowest BCUT2D eigenvalue weighted by Gasteiger charge is -2.27. The third-order valence-corrected chi connectivity index (χ3v) is 5.90. The van der Waals surface area contributed by atoms with E-state index in [1.807, 2.05) is 0 Å². The first kappa shape index (κ1) is 20.1. The number of hydrogen-bond donors (Lipinski definition) is 0. The van der Waals surface area contributed by atoms with Crippen LogP contribution >= 0.6 is 0 Å². The molecule has 0 unspecified atom stereocenters. The summed E-state index contributed by atoms with van der Waals surface area (Å²) < 4.78 is 21.7. The zero-order valence-corrected chi connectivity index (χ0v) is 16.8. The quantitative estimate of drug-likeness (QED) is 0.295. The third kappa shape index (κ3) is 3.29. The third-order valence-electron chi connectivity index (χ3n) is 5.90. The Bertz CT molecular complexity index is 1120. The molecule has 3 aliphatic rings. The molecule has 8 heteroatoms. The topological polar surface area (TPSA) is 105 Å². The van der Waals surface area contributed by atoms with E-state index in [0.717, 1.165) is 0 Å². The van der Waals surface area contributed by atoms with E-state index >= 15 is 0 Å². The fourth-order valence-electron chi connectivity index (χ4n) is 4.46. The van der Waals surface area contributed by atoms with Crippen molar-refractivity contribution in [3.63, 3.8) is 0 Å². The summed E-state index contributed by atoms with van der Waals surface area (Å²) in [6.07, 6.45) is 0.827. The first-order chi connectivity index (χ1) is 15.5. The van der Waals surface area contributed by atoms with Crippen molar-refractivity contribution in [2.45, 2.75) is 11.7 Å². The number of carbonyl (C=O) groups is 4. The molecule has 2 fully saturated rings. The maximum atomic E-state index is 12.4. The summed E-state index contributed by atoms with van der Waals surface area (Å²) in [5.41, 5.74) is -0.0914. The van der Waals surface area contributed by atoms with Crippen LogP contribution < -0.4 is 0 Å². The molecule has 162 valence electrons. The van der Waals surface area contributed by atoms with Crippen molar-refractivity contribution in [2.75, 3.05) is 13.2 Å². The first-order valence-electron chi connectivity index (χ1n) is 10.1. The highest BCUT2D eigenvalue weighted by Gasteiger charge is 2.69. The van der Waals surface area contributed by atoms with E-state index in [-0.39, 0.29) is 13.2 Å². The predicted octanol–water partition coefficient (Wildman–Crippen LogP) is 2.09. The second-order valence-electron chi connectivity index (χ2n) is 7.84. The maximum absolute atomic E-state index is 12.4. The Morgan fingerprint density at radius 3 is 2.06 bits per heavy atom. The van der Waals surface area contributed by atoms with Crippen LogP contribution in [0.2, 0.25) is 0 Å². The molecule has 8 nitrogen and oxygen atoms in total. The van der Waals surface area contributed by atoms with Crippen LogP contribution in [0.3, 0.4) is 0 Å². The summed E-state index contributed by atoms with van der Waals surface area (Å²) in [4.78, 5) is 49.4. The maximum Gasteiger partial charge on any atom is 0.338 e. The van der Waals surface area contributed by atoms with Crippen LogP contribution in [0.15, 0.2) is 72.3 Å². The van der Waals surface area contributed by atoms with Crippen molar-refractivity contribution >= 4 is 23.9 Å². The fourth-order valence-corrected chi connectivity index (χ4v) is 4.46. The number of rotatable bonds is 6. The van der Waals surface area contributed by atoms with Gasteiger partial charge in [-0.25, -0.2) is 9.59 Å². The van der Waals surface area contributed by atoms with E-state index in [1.54, 1.807) is 66.7 Å². The van der Waals surface area contributed by atoms with Crippen molar-refractivity contribution in [1.82, 2.24) is 0 Å². The van der Waals surface area contributed by atoms with Crippen LogP contribution in [0.25, 0.3) is 0 Å². The summed E-state index contributed by atoms with van der Waals surface area (Å²) in [6.45, 7) is -0.408. The van der Waals surface area contributed by atoms with Crippen LogP contribution in [0.4, 0.5) is 0 Å². The van der Waals surface area contributed by atoms with Gasteiger partial charge >= 0.3 is 23.9 Å². The van der Waals surface area contributed by atoms with E-state index in [1.165, 1.54) is 0 Å². The summed E-state index contributed by atoms with van der Waals surface area (Å²) in [5.74, 6) is -4.30. The van der Waals surface area contributed by atoms with Gasteiger partial charge in [0.25, 0.3) is 0 Å². The molecule has 0 N–H and O–H groups in total. The van der Waals surface area contributed by atoms with Crippen LogP contribution in [-0.2, 0) is 28.5 Å². The lowest BCUT2D eigenvalue weighted by atomic mass is 9.74. The van der Waals surface area contributed by atoms with Gasteiger partial charge in [0.2, 0.25) is 0 Å². The molecule has 2 bridgehead atoms. The van der Waals surface area contributed by atoms with Gasteiger partial charge in [0.05, 0.1) is 17.2 Å². The molecule has 3 aliphatic heterocycles. The minimum atomic E-state index is -1.35. The molecule has 32 heavy (non-hydrogen) atoms. The monoisotopic (exact) mass is 434 g/mol. The van der Waals surface area contributed by atoms with Crippen molar-refractivity contribution in [3.05, 3.63) is 83.4 Å². The molecule has 2 aromatic rings. The number of ether oxygens (including phenoxy) is 4. The largest absolute Gasteiger partial charge is 0.459 e. The SMILES string of the molecule is O=C(OCC1=C[C@]2(COC(=O)c3ccccc3)O[C@H]1[C@H]1C(=O)OC(=O)[C@H]12)c1ccccc1. The van der Waals surface area contributed by atoms with E-state index in [2.05, 4.69) is 0 Å². The molecule has 3 heterocycles. The Hall–Kier alpha value is -3.78. The smallest absolute Gasteiger partial charge is 0.338 e.